The smallest absolute Gasteiger partial charge is 0.417 e. The Morgan fingerprint density at radius 2 is 1.83 bits per heavy atom. The summed E-state index contributed by atoms with van der Waals surface area (Å²) in [4.78, 5) is 7.60. The minimum atomic E-state index is -4.42. The summed E-state index contributed by atoms with van der Waals surface area (Å²) in [5, 5.41) is 0. The van der Waals surface area contributed by atoms with E-state index in [0.29, 0.717) is 0 Å². The van der Waals surface area contributed by atoms with Crippen LogP contribution in [0.3, 0.4) is 0 Å². The van der Waals surface area contributed by atoms with Crippen LogP contribution in [-0.2, 0) is 6.18 Å². The van der Waals surface area contributed by atoms with Crippen molar-refractivity contribution in [3.8, 4) is 17.1 Å². The van der Waals surface area contributed by atoms with Crippen molar-refractivity contribution in [1.82, 2.24) is 9.97 Å². The van der Waals surface area contributed by atoms with Crippen LogP contribution in [-0.4, -0.2) is 17.1 Å². The van der Waals surface area contributed by atoms with Gasteiger partial charge in [0.1, 0.15) is 6.33 Å². The third-order valence-electron chi connectivity index (χ3n) is 2.36. The number of hydrogen-bond acceptors (Lipinski definition) is 3. The van der Waals surface area contributed by atoms with Crippen LogP contribution in [0.25, 0.3) is 11.3 Å². The lowest BCUT2D eigenvalue weighted by Crippen LogP contribution is -2.07. The molecular weight excluding hydrogens is 245 g/mol. The zero-order valence-electron chi connectivity index (χ0n) is 9.40. The van der Waals surface area contributed by atoms with Gasteiger partial charge in [0.25, 0.3) is 0 Å². The number of nitrogens with zero attached hydrogens (tertiary/aromatic N) is 2. The molecule has 1 aromatic carbocycles. The quantitative estimate of drug-likeness (QED) is 0.825. The zero-order chi connectivity index (χ0) is 13.2. The summed E-state index contributed by atoms with van der Waals surface area (Å²) in [6, 6.07) is 6.61. The number of aromatic nitrogens is 2. The molecule has 2 aromatic rings. The second kappa shape index (κ2) is 4.64. The van der Waals surface area contributed by atoms with Crippen LogP contribution in [0.15, 0.2) is 36.7 Å². The zero-order valence-corrected chi connectivity index (χ0v) is 9.40. The number of alkyl halides is 3. The molecule has 0 bridgehead atoms. The molecule has 0 aliphatic heterocycles. The van der Waals surface area contributed by atoms with Gasteiger partial charge < -0.3 is 4.74 Å². The fourth-order valence-corrected chi connectivity index (χ4v) is 1.55. The highest BCUT2D eigenvalue weighted by atomic mass is 19.4. The fourth-order valence-electron chi connectivity index (χ4n) is 1.55. The van der Waals surface area contributed by atoms with E-state index in [9.17, 15) is 13.2 Å². The number of benzene rings is 1. The lowest BCUT2D eigenvalue weighted by Gasteiger charge is -2.12. The topological polar surface area (TPSA) is 35.0 Å². The van der Waals surface area contributed by atoms with Gasteiger partial charge in [-0.1, -0.05) is 18.2 Å². The molecule has 0 aliphatic carbocycles. The minimum absolute atomic E-state index is 0.00528. The van der Waals surface area contributed by atoms with Crippen molar-refractivity contribution in [2.24, 2.45) is 0 Å². The molecule has 0 saturated heterocycles. The van der Waals surface area contributed by atoms with Crippen LogP contribution in [0.4, 0.5) is 13.2 Å². The second-order valence-electron chi connectivity index (χ2n) is 3.49. The minimum Gasteiger partial charge on any atom is -0.481 e. The number of rotatable bonds is 2. The summed E-state index contributed by atoms with van der Waals surface area (Å²) in [6.07, 6.45) is -3.25. The van der Waals surface area contributed by atoms with Crippen LogP contribution in [0.1, 0.15) is 5.56 Å². The molecule has 0 radical (unpaired) electrons. The molecule has 1 aromatic heterocycles. The van der Waals surface area contributed by atoms with Crippen LogP contribution in [0.5, 0.6) is 5.88 Å². The van der Waals surface area contributed by atoms with Gasteiger partial charge in [-0.05, 0) is 6.07 Å². The van der Waals surface area contributed by atoms with Crippen LogP contribution >= 0.6 is 0 Å². The second-order valence-corrected chi connectivity index (χ2v) is 3.49. The fraction of sp³-hybridized carbons (Fsp3) is 0.167. The van der Waals surface area contributed by atoms with Crippen LogP contribution in [0, 0.1) is 0 Å². The highest BCUT2D eigenvalue weighted by molar-refractivity contribution is 5.64. The molecule has 0 spiro atoms. The molecular formula is C12H9F3N2O. The summed E-state index contributed by atoms with van der Waals surface area (Å²) in [6.45, 7) is 0. The Morgan fingerprint density at radius 3 is 2.50 bits per heavy atom. The van der Waals surface area contributed by atoms with Gasteiger partial charge in [0, 0.05) is 11.6 Å². The third-order valence-corrected chi connectivity index (χ3v) is 2.36. The molecule has 2 rings (SSSR count). The summed E-state index contributed by atoms with van der Waals surface area (Å²) in [5.41, 5.74) is -0.550. The average Bonchev–Trinajstić information content (AvgIpc) is 2.38. The lowest BCUT2D eigenvalue weighted by atomic mass is 10.0. The summed E-state index contributed by atoms with van der Waals surface area (Å²) in [5.74, 6) is 0.219. The predicted octanol–water partition coefficient (Wildman–Crippen LogP) is 3.17. The summed E-state index contributed by atoms with van der Waals surface area (Å²) >= 11 is 0. The highest BCUT2D eigenvalue weighted by Gasteiger charge is 2.33. The number of hydrogen-bond donors (Lipinski definition) is 0. The largest absolute Gasteiger partial charge is 0.481 e. The molecule has 18 heavy (non-hydrogen) atoms. The van der Waals surface area contributed by atoms with Crippen molar-refractivity contribution in [1.29, 1.82) is 0 Å². The maximum Gasteiger partial charge on any atom is 0.417 e. The normalized spacial score (nSPS) is 11.3. The number of ether oxygens (including phenoxy) is 1. The third kappa shape index (κ3) is 2.42. The van der Waals surface area contributed by atoms with E-state index in [2.05, 4.69) is 9.97 Å². The van der Waals surface area contributed by atoms with E-state index >= 15 is 0 Å². The first kappa shape index (κ1) is 12.3. The molecule has 0 unspecified atom stereocenters. The van der Waals surface area contributed by atoms with Crippen molar-refractivity contribution >= 4 is 0 Å². The number of halogens is 3. The van der Waals surface area contributed by atoms with Gasteiger partial charge >= 0.3 is 6.18 Å². The molecule has 0 fully saturated rings. The van der Waals surface area contributed by atoms with E-state index in [4.69, 9.17) is 4.74 Å². The molecule has 1 heterocycles. The SMILES string of the molecule is COc1cc(-c2ccccc2C(F)(F)F)ncn1. The van der Waals surface area contributed by atoms with E-state index < -0.39 is 11.7 Å². The van der Waals surface area contributed by atoms with Crippen molar-refractivity contribution in [3.05, 3.63) is 42.2 Å². The molecule has 0 amide bonds. The van der Waals surface area contributed by atoms with Gasteiger partial charge in [0.15, 0.2) is 0 Å². The van der Waals surface area contributed by atoms with Gasteiger partial charge in [-0.25, -0.2) is 9.97 Å². The first-order valence-corrected chi connectivity index (χ1v) is 5.05. The van der Waals surface area contributed by atoms with Crippen molar-refractivity contribution in [2.75, 3.05) is 7.11 Å². The van der Waals surface area contributed by atoms with E-state index in [0.717, 1.165) is 6.07 Å². The predicted molar refractivity (Wildman–Crippen MR) is 59.0 cm³/mol. The molecule has 3 nitrogen and oxygen atoms in total. The van der Waals surface area contributed by atoms with Crippen LogP contribution < -0.4 is 4.74 Å². The Morgan fingerprint density at radius 1 is 1.11 bits per heavy atom. The maximum atomic E-state index is 12.8. The van der Waals surface area contributed by atoms with Crippen LogP contribution in [0.2, 0.25) is 0 Å². The van der Waals surface area contributed by atoms with Gasteiger partial charge in [-0.2, -0.15) is 13.2 Å². The molecule has 0 aliphatic rings. The summed E-state index contributed by atoms with van der Waals surface area (Å²) in [7, 11) is 1.39. The molecule has 0 N–H and O–H groups in total. The van der Waals surface area contributed by atoms with Gasteiger partial charge in [0.05, 0.1) is 18.4 Å². The van der Waals surface area contributed by atoms with Gasteiger partial charge in [0.2, 0.25) is 5.88 Å². The Hall–Kier alpha value is -2.11. The Kier molecular flexibility index (Phi) is 3.18. The average molecular weight is 254 g/mol. The van der Waals surface area contributed by atoms with Gasteiger partial charge in [-0.15, -0.1) is 0 Å². The summed E-state index contributed by atoms with van der Waals surface area (Å²) < 4.78 is 43.4. The first-order valence-electron chi connectivity index (χ1n) is 5.05. The lowest BCUT2D eigenvalue weighted by molar-refractivity contribution is -0.137. The van der Waals surface area contributed by atoms with E-state index in [1.54, 1.807) is 0 Å². The first-order chi connectivity index (χ1) is 8.52. The molecule has 94 valence electrons. The van der Waals surface area contributed by atoms with E-state index in [1.807, 2.05) is 0 Å². The highest BCUT2D eigenvalue weighted by Crippen LogP contribution is 2.36. The molecule has 0 atom stereocenters. The van der Waals surface area contributed by atoms with E-state index in [1.165, 1.54) is 37.7 Å². The van der Waals surface area contributed by atoms with Crippen molar-refractivity contribution in [3.63, 3.8) is 0 Å². The maximum absolute atomic E-state index is 12.8. The Balaban J connectivity index is 2.57. The molecule has 6 heteroatoms. The Labute approximate surface area is 101 Å². The van der Waals surface area contributed by atoms with Crippen molar-refractivity contribution in [2.45, 2.75) is 6.18 Å². The number of methoxy groups -OCH3 is 1. The Bertz CT molecular complexity index is 555. The monoisotopic (exact) mass is 254 g/mol. The molecule has 0 saturated carbocycles. The van der Waals surface area contributed by atoms with Crippen molar-refractivity contribution < 1.29 is 17.9 Å². The van der Waals surface area contributed by atoms with E-state index in [-0.39, 0.29) is 17.1 Å². The standard InChI is InChI=1S/C12H9F3N2O/c1-18-11-6-10(16-7-17-11)8-4-2-3-5-9(8)12(13,14)15/h2-7H,1H3. The van der Waals surface area contributed by atoms with Gasteiger partial charge in [-0.3, -0.25) is 0 Å².